The van der Waals surface area contributed by atoms with Crippen LogP contribution >= 0.6 is 11.5 Å². The molecule has 5 heteroatoms. The highest BCUT2D eigenvalue weighted by atomic mass is 32.1. The quantitative estimate of drug-likeness (QED) is 0.905. The van der Waals surface area contributed by atoms with E-state index in [4.69, 9.17) is 9.84 Å². The van der Waals surface area contributed by atoms with Crippen LogP contribution in [-0.2, 0) is 6.61 Å². The number of hydrogen-bond acceptors (Lipinski definition) is 4. The fraction of sp³-hybridized carbons (Fsp3) is 0.167. The summed E-state index contributed by atoms with van der Waals surface area (Å²) in [5.41, 5.74) is 1.68. The molecule has 4 nitrogen and oxygen atoms in total. The summed E-state index contributed by atoms with van der Waals surface area (Å²) >= 11 is 0.967. The van der Waals surface area contributed by atoms with Crippen LogP contribution in [0, 0.1) is 6.92 Å². The monoisotopic (exact) mass is 249 g/mol. The molecule has 0 atom stereocenters. The third-order valence-corrected chi connectivity index (χ3v) is 3.05. The second-order valence-corrected chi connectivity index (χ2v) is 4.35. The molecule has 0 saturated heterocycles. The number of benzene rings is 1. The number of rotatable bonds is 4. The highest BCUT2D eigenvalue weighted by Crippen LogP contribution is 2.18. The largest absolute Gasteiger partial charge is 0.487 e. The molecule has 0 aliphatic carbocycles. The van der Waals surface area contributed by atoms with Gasteiger partial charge in [-0.05, 0) is 36.2 Å². The van der Waals surface area contributed by atoms with Gasteiger partial charge in [0.2, 0.25) is 0 Å². The minimum absolute atomic E-state index is 0.230. The van der Waals surface area contributed by atoms with Crippen LogP contribution in [0.4, 0.5) is 0 Å². The number of aromatic nitrogens is 1. The molecule has 0 aliphatic rings. The number of carboxylic acid groups (broad SMARTS) is 1. The minimum Gasteiger partial charge on any atom is -0.487 e. The van der Waals surface area contributed by atoms with Crippen LogP contribution in [0.5, 0.6) is 5.75 Å². The number of ether oxygens (including phenoxy) is 1. The van der Waals surface area contributed by atoms with E-state index in [-0.39, 0.29) is 11.5 Å². The molecule has 1 N–H and O–H groups in total. The topological polar surface area (TPSA) is 59.4 Å². The van der Waals surface area contributed by atoms with E-state index in [9.17, 15) is 4.79 Å². The lowest BCUT2D eigenvalue weighted by atomic mass is 10.2. The van der Waals surface area contributed by atoms with Crippen molar-refractivity contribution < 1.29 is 14.6 Å². The second kappa shape index (κ2) is 4.97. The number of carboxylic acids is 1. The summed E-state index contributed by atoms with van der Waals surface area (Å²) in [5.74, 6) is -0.165. The highest BCUT2D eigenvalue weighted by molar-refractivity contribution is 7.08. The Morgan fingerprint density at radius 3 is 2.88 bits per heavy atom. The SMILES string of the molecule is Cc1ccccc1OCc1cc(C(=O)O)sn1. The van der Waals surface area contributed by atoms with Crippen molar-refractivity contribution in [1.82, 2.24) is 4.37 Å². The van der Waals surface area contributed by atoms with Gasteiger partial charge in [0, 0.05) is 0 Å². The average Bonchev–Trinajstić information content (AvgIpc) is 2.77. The lowest BCUT2D eigenvalue weighted by Crippen LogP contribution is -1.97. The van der Waals surface area contributed by atoms with Gasteiger partial charge in [-0.3, -0.25) is 0 Å². The van der Waals surface area contributed by atoms with Gasteiger partial charge >= 0.3 is 5.97 Å². The van der Waals surface area contributed by atoms with Crippen molar-refractivity contribution in [3.63, 3.8) is 0 Å². The molecular weight excluding hydrogens is 238 g/mol. The smallest absolute Gasteiger partial charge is 0.347 e. The molecule has 17 heavy (non-hydrogen) atoms. The molecule has 0 bridgehead atoms. The van der Waals surface area contributed by atoms with Gasteiger partial charge < -0.3 is 9.84 Å². The van der Waals surface area contributed by atoms with Gasteiger partial charge in [-0.25, -0.2) is 4.79 Å². The number of nitrogens with zero attached hydrogens (tertiary/aromatic N) is 1. The number of hydrogen-bond donors (Lipinski definition) is 1. The molecule has 0 radical (unpaired) electrons. The Kier molecular flexibility index (Phi) is 3.39. The zero-order valence-electron chi connectivity index (χ0n) is 9.21. The van der Waals surface area contributed by atoms with E-state index in [1.54, 1.807) is 0 Å². The van der Waals surface area contributed by atoms with E-state index in [0.29, 0.717) is 5.69 Å². The Morgan fingerprint density at radius 1 is 1.47 bits per heavy atom. The van der Waals surface area contributed by atoms with Crippen LogP contribution in [0.2, 0.25) is 0 Å². The van der Waals surface area contributed by atoms with Crippen molar-refractivity contribution in [2.24, 2.45) is 0 Å². The van der Waals surface area contributed by atoms with Crippen molar-refractivity contribution in [3.05, 3.63) is 46.5 Å². The van der Waals surface area contributed by atoms with Crippen LogP contribution < -0.4 is 4.74 Å². The van der Waals surface area contributed by atoms with Crippen LogP contribution in [-0.4, -0.2) is 15.4 Å². The lowest BCUT2D eigenvalue weighted by Gasteiger charge is -2.06. The summed E-state index contributed by atoms with van der Waals surface area (Å²) in [6.45, 7) is 2.24. The molecule has 0 fully saturated rings. The fourth-order valence-electron chi connectivity index (χ4n) is 1.35. The van der Waals surface area contributed by atoms with Gasteiger partial charge in [-0.1, -0.05) is 18.2 Å². The molecule has 1 aromatic carbocycles. The molecule has 1 heterocycles. The molecule has 0 unspecified atom stereocenters. The number of carbonyl (C=O) groups is 1. The first-order chi connectivity index (χ1) is 8.16. The molecule has 1 aromatic heterocycles. The van der Waals surface area contributed by atoms with E-state index < -0.39 is 5.97 Å². The molecule has 2 rings (SSSR count). The Labute approximate surface area is 103 Å². The van der Waals surface area contributed by atoms with E-state index >= 15 is 0 Å². The van der Waals surface area contributed by atoms with Crippen LogP contribution in [0.1, 0.15) is 20.9 Å². The van der Waals surface area contributed by atoms with Gasteiger partial charge in [-0.2, -0.15) is 4.37 Å². The maximum Gasteiger partial charge on any atom is 0.347 e. The molecule has 2 aromatic rings. The maximum absolute atomic E-state index is 10.7. The van der Waals surface area contributed by atoms with Gasteiger partial charge in [0.15, 0.2) is 0 Å². The lowest BCUT2D eigenvalue weighted by molar-refractivity contribution is 0.0702. The van der Waals surface area contributed by atoms with Crippen molar-refractivity contribution in [2.45, 2.75) is 13.5 Å². The van der Waals surface area contributed by atoms with E-state index in [1.807, 2.05) is 31.2 Å². The molecular formula is C12H11NO3S. The van der Waals surface area contributed by atoms with E-state index in [2.05, 4.69) is 4.37 Å². The Hall–Kier alpha value is -1.88. The summed E-state index contributed by atoms with van der Waals surface area (Å²) in [6.07, 6.45) is 0. The summed E-state index contributed by atoms with van der Waals surface area (Å²) in [5, 5.41) is 8.76. The predicted molar refractivity (Wildman–Crippen MR) is 64.6 cm³/mol. The summed E-state index contributed by atoms with van der Waals surface area (Å²) in [4.78, 5) is 10.9. The summed E-state index contributed by atoms with van der Waals surface area (Å²) in [7, 11) is 0. The molecule has 0 spiro atoms. The molecule has 0 amide bonds. The third kappa shape index (κ3) is 2.82. The van der Waals surface area contributed by atoms with Crippen molar-refractivity contribution in [2.75, 3.05) is 0 Å². The van der Waals surface area contributed by atoms with Crippen LogP contribution in [0.25, 0.3) is 0 Å². The third-order valence-electron chi connectivity index (χ3n) is 2.24. The van der Waals surface area contributed by atoms with Crippen molar-refractivity contribution >= 4 is 17.5 Å². The number of aryl methyl sites for hydroxylation is 1. The van der Waals surface area contributed by atoms with Crippen molar-refractivity contribution in [3.8, 4) is 5.75 Å². The first-order valence-corrected chi connectivity index (χ1v) is 5.81. The average molecular weight is 249 g/mol. The maximum atomic E-state index is 10.7. The van der Waals surface area contributed by atoms with Gasteiger partial charge in [-0.15, -0.1) is 0 Å². The number of aromatic carboxylic acids is 1. The van der Waals surface area contributed by atoms with Crippen molar-refractivity contribution in [1.29, 1.82) is 0 Å². The van der Waals surface area contributed by atoms with Gasteiger partial charge in [0.1, 0.15) is 17.2 Å². The molecule has 0 saturated carbocycles. The Morgan fingerprint density at radius 2 is 2.24 bits per heavy atom. The fourth-order valence-corrected chi connectivity index (χ4v) is 1.94. The molecule has 0 aliphatic heterocycles. The van der Waals surface area contributed by atoms with E-state index in [1.165, 1.54) is 6.07 Å². The Balaban J connectivity index is 2.02. The second-order valence-electron chi connectivity index (χ2n) is 3.54. The van der Waals surface area contributed by atoms with Crippen LogP contribution in [0.15, 0.2) is 30.3 Å². The zero-order chi connectivity index (χ0) is 12.3. The van der Waals surface area contributed by atoms with Crippen LogP contribution in [0.3, 0.4) is 0 Å². The Bertz CT molecular complexity index is 536. The highest BCUT2D eigenvalue weighted by Gasteiger charge is 2.09. The first kappa shape index (κ1) is 11.6. The minimum atomic E-state index is -0.954. The predicted octanol–water partition coefficient (Wildman–Crippen LogP) is 2.73. The van der Waals surface area contributed by atoms with Gasteiger partial charge in [0.05, 0.1) is 5.69 Å². The summed E-state index contributed by atoms with van der Waals surface area (Å²) < 4.78 is 9.59. The molecule has 88 valence electrons. The standard InChI is InChI=1S/C12H11NO3S/c1-8-4-2-3-5-10(8)16-7-9-6-11(12(14)15)17-13-9/h2-6H,7H2,1H3,(H,14,15). The first-order valence-electron chi connectivity index (χ1n) is 5.04. The normalized spacial score (nSPS) is 10.2. The number of para-hydroxylation sites is 1. The zero-order valence-corrected chi connectivity index (χ0v) is 10.0. The van der Waals surface area contributed by atoms with Gasteiger partial charge in [0.25, 0.3) is 0 Å². The summed E-state index contributed by atoms with van der Waals surface area (Å²) in [6, 6.07) is 9.20. The van der Waals surface area contributed by atoms with E-state index in [0.717, 1.165) is 22.8 Å².